The summed E-state index contributed by atoms with van der Waals surface area (Å²) < 4.78 is 0. The second kappa shape index (κ2) is 7.22. The minimum atomic E-state index is -0.844. The van der Waals surface area contributed by atoms with Gasteiger partial charge in [-0.1, -0.05) is 18.2 Å². The number of hydrogen-bond acceptors (Lipinski definition) is 3. The van der Waals surface area contributed by atoms with E-state index in [1.807, 2.05) is 31.3 Å². The number of likely N-dealkylation sites (tertiary alicyclic amines) is 1. The smallest absolute Gasteiger partial charge is 0.305 e. The molecule has 2 rings (SSSR count). The van der Waals surface area contributed by atoms with Crippen LogP contribution in [0.2, 0.25) is 0 Å². The number of rotatable bonds is 6. The third-order valence-corrected chi connectivity index (χ3v) is 3.94. The number of nitrogens with one attached hydrogen (secondary N) is 1. The van der Waals surface area contributed by atoms with Crippen LogP contribution in [0.5, 0.6) is 0 Å². The predicted octanol–water partition coefficient (Wildman–Crippen LogP) is 1.53. The fourth-order valence-electron chi connectivity index (χ4n) is 2.88. The van der Waals surface area contributed by atoms with Gasteiger partial charge in [0.1, 0.15) is 0 Å². The maximum atomic E-state index is 12.7. The van der Waals surface area contributed by atoms with Gasteiger partial charge in [0, 0.05) is 18.2 Å². The molecule has 1 heterocycles. The van der Waals surface area contributed by atoms with E-state index in [1.165, 1.54) is 0 Å². The second-order valence-electron chi connectivity index (χ2n) is 5.40. The number of carbonyl (C=O) groups excluding carboxylic acids is 1. The topological polar surface area (TPSA) is 69.6 Å². The molecule has 1 atom stereocenters. The van der Waals surface area contributed by atoms with E-state index in [9.17, 15) is 9.59 Å². The van der Waals surface area contributed by atoms with Gasteiger partial charge in [0.25, 0.3) is 5.91 Å². The van der Waals surface area contributed by atoms with E-state index in [-0.39, 0.29) is 18.4 Å². The highest BCUT2D eigenvalue weighted by Gasteiger charge is 2.31. The van der Waals surface area contributed by atoms with Crippen LogP contribution in [-0.2, 0) is 11.2 Å². The Morgan fingerprint density at radius 2 is 2.14 bits per heavy atom. The molecule has 1 unspecified atom stereocenters. The molecule has 0 radical (unpaired) electrons. The highest BCUT2D eigenvalue weighted by Crippen LogP contribution is 2.24. The highest BCUT2D eigenvalue weighted by atomic mass is 16.4. The summed E-state index contributed by atoms with van der Waals surface area (Å²) in [4.78, 5) is 25.4. The maximum Gasteiger partial charge on any atom is 0.305 e. The molecule has 0 spiro atoms. The lowest BCUT2D eigenvalue weighted by Gasteiger charge is -2.24. The van der Waals surface area contributed by atoms with Crippen molar-refractivity contribution in [3.05, 3.63) is 35.4 Å². The Bertz CT molecular complexity index is 516. The standard InChI is InChI=1S/C16H22N2O3/c1-17-9-8-12-5-2-3-7-14(12)16(21)18-10-4-6-13(18)11-15(19)20/h2-3,5,7,13,17H,4,6,8-11H2,1H3,(H,19,20). The maximum absolute atomic E-state index is 12.7. The number of carboxylic acid groups (broad SMARTS) is 1. The summed E-state index contributed by atoms with van der Waals surface area (Å²) in [7, 11) is 1.88. The lowest BCUT2D eigenvalue weighted by molar-refractivity contribution is -0.137. The molecule has 0 aliphatic carbocycles. The van der Waals surface area contributed by atoms with Crippen LogP contribution in [0.25, 0.3) is 0 Å². The van der Waals surface area contributed by atoms with E-state index in [0.717, 1.165) is 31.4 Å². The fourth-order valence-corrected chi connectivity index (χ4v) is 2.88. The van der Waals surface area contributed by atoms with Crippen molar-refractivity contribution >= 4 is 11.9 Å². The van der Waals surface area contributed by atoms with Crippen molar-refractivity contribution in [3.63, 3.8) is 0 Å². The molecule has 21 heavy (non-hydrogen) atoms. The van der Waals surface area contributed by atoms with Crippen LogP contribution in [0.4, 0.5) is 0 Å². The SMILES string of the molecule is CNCCc1ccccc1C(=O)N1CCCC1CC(=O)O. The number of aliphatic carboxylic acids is 1. The average Bonchev–Trinajstić information content (AvgIpc) is 2.92. The van der Waals surface area contributed by atoms with Crippen LogP contribution < -0.4 is 5.32 Å². The van der Waals surface area contributed by atoms with Gasteiger partial charge in [-0.2, -0.15) is 0 Å². The van der Waals surface area contributed by atoms with Crippen LogP contribution in [0, 0.1) is 0 Å². The Kier molecular flexibility index (Phi) is 5.33. The number of likely N-dealkylation sites (N-methyl/N-ethyl adjacent to an activating group) is 1. The Hall–Kier alpha value is -1.88. The highest BCUT2D eigenvalue weighted by molar-refractivity contribution is 5.96. The fraction of sp³-hybridized carbons (Fsp3) is 0.500. The number of carbonyl (C=O) groups is 2. The van der Waals surface area contributed by atoms with E-state index in [1.54, 1.807) is 4.90 Å². The largest absolute Gasteiger partial charge is 0.481 e. The van der Waals surface area contributed by atoms with Crippen molar-refractivity contribution in [3.8, 4) is 0 Å². The van der Waals surface area contributed by atoms with E-state index >= 15 is 0 Å². The first-order valence-electron chi connectivity index (χ1n) is 7.38. The molecule has 114 valence electrons. The van der Waals surface area contributed by atoms with Crippen molar-refractivity contribution in [2.24, 2.45) is 0 Å². The van der Waals surface area contributed by atoms with E-state index in [2.05, 4.69) is 5.32 Å². The Morgan fingerprint density at radius 1 is 1.38 bits per heavy atom. The molecule has 2 N–H and O–H groups in total. The predicted molar refractivity (Wildman–Crippen MR) is 80.4 cm³/mol. The molecule has 0 aromatic heterocycles. The van der Waals surface area contributed by atoms with E-state index in [0.29, 0.717) is 12.1 Å². The van der Waals surface area contributed by atoms with Crippen molar-refractivity contribution in [1.82, 2.24) is 10.2 Å². The van der Waals surface area contributed by atoms with E-state index in [4.69, 9.17) is 5.11 Å². The van der Waals surface area contributed by atoms with Gasteiger partial charge < -0.3 is 15.3 Å². The van der Waals surface area contributed by atoms with Crippen LogP contribution in [0.3, 0.4) is 0 Å². The molecule has 1 aliphatic rings. The third-order valence-electron chi connectivity index (χ3n) is 3.94. The van der Waals surface area contributed by atoms with Crippen LogP contribution in [0.1, 0.15) is 35.2 Å². The molecule has 1 fully saturated rings. The molecule has 5 nitrogen and oxygen atoms in total. The Balaban J connectivity index is 2.17. The molecule has 1 saturated heterocycles. The van der Waals surface area contributed by atoms with Gasteiger partial charge in [0.2, 0.25) is 0 Å². The summed E-state index contributed by atoms with van der Waals surface area (Å²) in [5, 5.41) is 12.1. The lowest BCUT2D eigenvalue weighted by Crippen LogP contribution is -2.37. The summed E-state index contributed by atoms with van der Waals surface area (Å²) in [6, 6.07) is 7.42. The van der Waals surface area contributed by atoms with Gasteiger partial charge >= 0.3 is 5.97 Å². The quantitative estimate of drug-likeness (QED) is 0.833. The van der Waals surface area contributed by atoms with Crippen LogP contribution in [0.15, 0.2) is 24.3 Å². The molecule has 1 aliphatic heterocycles. The van der Waals surface area contributed by atoms with Crippen LogP contribution >= 0.6 is 0 Å². The van der Waals surface area contributed by atoms with Crippen molar-refractivity contribution in [2.75, 3.05) is 20.1 Å². The summed E-state index contributed by atoms with van der Waals surface area (Å²) in [5.74, 6) is -0.881. The first-order valence-corrected chi connectivity index (χ1v) is 7.38. The molecule has 1 aromatic rings. The zero-order valence-electron chi connectivity index (χ0n) is 12.3. The zero-order chi connectivity index (χ0) is 15.2. The monoisotopic (exact) mass is 290 g/mol. The number of benzene rings is 1. The minimum absolute atomic E-state index is 0.0322. The first-order chi connectivity index (χ1) is 10.1. The minimum Gasteiger partial charge on any atom is -0.481 e. The van der Waals surface area contributed by atoms with Crippen molar-refractivity contribution in [2.45, 2.75) is 31.7 Å². The summed E-state index contributed by atoms with van der Waals surface area (Å²) in [6.07, 6.45) is 2.47. The van der Waals surface area contributed by atoms with Gasteiger partial charge in [-0.3, -0.25) is 9.59 Å². The van der Waals surface area contributed by atoms with Gasteiger partial charge in [0.15, 0.2) is 0 Å². The van der Waals surface area contributed by atoms with Gasteiger partial charge in [-0.25, -0.2) is 0 Å². The van der Waals surface area contributed by atoms with Crippen LogP contribution in [-0.4, -0.2) is 48.1 Å². The normalized spacial score (nSPS) is 18.0. The zero-order valence-corrected chi connectivity index (χ0v) is 12.3. The number of hydrogen-bond donors (Lipinski definition) is 2. The van der Waals surface area contributed by atoms with Crippen molar-refractivity contribution in [1.29, 1.82) is 0 Å². The van der Waals surface area contributed by atoms with E-state index < -0.39 is 5.97 Å². The molecule has 0 saturated carbocycles. The number of nitrogens with zero attached hydrogens (tertiary/aromatic N) is 1. The van der Waals surface area contributed by atoms with Crippen molar-refractivity contribution < 1.29 is 14.7 Å². The second-order valence-corrected chi connectivity index (χ2v) is 5.40. The lowest BCUT2D eigenvalue weighted by atomic mass is 10.0. The molecule has 0 bridgehead atoms. The number of carboxylic acids is 1. The average molecular weight is 290 g/mol. The first kappa shape index (κ1) is 15.5. The number of amides is 1. The van der Waals surface area contributed by atoms with Gasteiger partial charge in [-0.15, -0.1) is 0 Å². The summed E-state index contributed by atoms with van der Waals surface area (Å²) in [5.41, 5.74) is 1.71. The van der Waals surface area contributed by atoms with Gasteiger partial charge in [-0.05, 0) is 44.5 Å². The van der Waals surface area contributed by atoms with Gasteiger partial charge in [0.05, 0.1) is 6.42 Å². The molecule has 1 aromatic carbocycles. The molecule has 5 heteroatoms. The molecular formula is C16H22N2O3. The molecule has 1 amide bonds. The Labute approximate surface area is 125 Å². The molecular weight excluding hydrogens is 268 g/mol. The summed E-state index contributed by atoms with van der Waals surface area (Å²) >= 11 is 0. The Morgan fingerprint density at radius 3 is 2.86 bits per heavy atom. The summed E-state index contributed by atoms with van der Waals surface area (Å²) in [6.45, 7) is 1.46. The third kappa shape index (κ3) is 3.82.